The third-order valence-electron chi connectivity index (χ3n) is 5.73. The van der Waals surface area contributed by atoms with Gasteiger partial charge >= 0.3 is 0 Å². The quantitative estimate of drug-likeness (QED) is 0.850. The van der Waals surface area contributed by atoms with Gasteiger partial charge in [0.2, 0.25) is 5.92 Å². The lowest BCUT2D eigenvalue weighted by Gasteiger charge is -2.34. The van der Waals surface area contributed by atoms with Crippen LogP contribution >= 0.6 is 0 Å². The largest absolute Gasteiger partial charge is 0.378 e. The molecule has 1 aromatic heterocycles. The van der Waals surface area contributed by atoms with Crippen molar-refractivity contribution in [2.24, 2.45) is 0 Å². The summed E-state index contributed by atoms with van der Waals surface area (Å²) in [6.45, 7) is 3.17. The van der Waals surface area contributed by atoms with Gasteiger partial charge in [-0.05, 0) is 18.4 Å². The molecule has 0 bridgehead atoms. The number of halogens is 2. The minimum Gasteiger partial charge on any atom is -0.378 e. The molecule has 3 heterocycles. The number of morpholine rings is 1. The average molecular weight is 403 g/mol. The van der Waals surface area contributed by atoms with Crippen molar-refractivity contribution in [1.29, 1.82) is 0 Å². The Bertz CT molecular complexity index is 866. The van der Waals surface area contributed by atoms with E-state index < -0.39 is 5.92 Å². The number of benzene rings is 1. The fourth-order valence-electron chi connectivity index (χ4n) is 4.31. The van der Waals surface area contributed by atoms with Crippen LogP contribution in [0.3, 0.4) is 0 Å². The predicted molar refractivity (Wildman–Crippen MR) is 110 cm³/mol. The summed E-state index contributed by atoms with van der Waals surface area (Å²) >= 11 is 0. The van der Waals surface area contributed by atoms with Crippen LogP contribution in [0.25, 0.3) is 0 Å². The van der Waals surface area contributed by atoms with Gasteiger partial charge in [-0.3, -0.25) is 4.79 Å². The maximum absolute atomic E-state index is 14.4. The molecule has 0 radical (unpaired) electrons. The molecule has 2 saturated heterocycles. The molecule has 1 atom stereocenters. The van der Waals surface area contributed by atoms with Gasteiger partial charge in [0.05, 0.1) is 13.2 Å². The second-order valence-corrected chi connectivity index (χ2v) is 7.89. The maximum Gasteiger partial charge on any atom is 0.251 e. The Morgan fingerprint density at radius 3 is 2.62 bits per heavy atom. The predicted octanol–water partition coefficient (Wildman–Crippen LogP) is 3.45. The summed E-state index contributed by atoms with van der Waals surface area (Å²) in [5.74, 6) is -2.08. The molecule has 29 heavy (non-hydrogen) atoms. The van der Waals surface area contributed by atoms with Crippen molar-refractivity contribution in [3.8, 4) is 0 Å². The van der Waals surface area contributed by atoms with E-state index in [-0.39, 0.29) is 24.4 Å². The van der Waals surface area contributed by atoms with E-state index in [2.05, 4.69) is 9.88 Å². The van der Waals surface area contributed by atoms with Gasteiger partial charge in [-0.2, -0.15) is 0 Å². The number of nitrogens with zero attached hydrogens (tertiary/aromatic N) is 2. The van der Waals surface area contributed by atoms with Gasteiger partial charge < -0.3 is 19.5 Å². The second-order valence-electron chi connectivity index (χ2n) is 7.89. The number of ether oxygens (including phenoxy) is 1. The van der Waals surface area contributed by atoms with Crippen LogP contribution in [0.15, 0.2) is 47.3 Å². The zero-order chi connectivity index (χ0) is 20.3. The maximum atomic E-state index is 14.4. The molecule has 2 aliphatic heterocycles. The molecule has 1 aromatic carbocycles. The number of nitrogens with one attached hydrogen (secondary N) is 1. The van der Waals surface area contributed by atoms with Crippen LogP contribution in [0.2, 0.25) is 0 Å². The second kappa shape index (κ2) is 8.53. The van der Waals surface area contributed by atoms with E-state index in [1.54, 1.807) is 6.07 Å². The summed E-state index contributed by atoms with van der Waals surface area (Å²) < 4.78 is 34.3. The summed E-state index contributed by atoms with van der Waals surface area (Å²) in [4.78, 5) is 19.4. The highest BCUT2D eigenvalue weighted by Crippen LogP contribution is 2.35. The first-order chi connectivity index (χ1) is 14.0. The smallest absolute Gasteiger partial charge is 0.251 e. The third kappa shape index (κ3) is 4.96. The fraction of sp³-hybridized carbons (Fsp3) is 0.500. The van der Waals surface area contributed by atoms with Gasteiger partial charge in [-0.25, -0.2) is 8.78 Å². The number of rotatable bonds is 4. The molecule has 7 heteroatoms. The van der Waals surface area contributed by atoms with Crippen molar-refractivity contribution in [2.45, 2.75) is 37.6 Å². The first-order valence-corrected chi connectivity index (χ1v) is 10.3. The SMILES string of the molecule is O=c1cc(N2CCOCC2)cc(N2CCCC(F)(F)C[C@H]2Cc2ccccc2)[nH]1. The summed E-state index contributed by atoms with van der Waals surface area (Å²) in [5.41, 5.74) is 1.63. The van der Waals surface area contributed by atoms with Gasteiger partial charge in [0, 0.05) is 56.3 Å². The monoisotopic (exact) mass is 403 g/mol. The molecular weight excluding hydrogens is 376 g/mol. The lowest BCUT2D eigenvalue weighted by molar-refractivity contribution is -0.0174. The molecule has 5 nitrogen and oxygen atoms in total. The van der Waals surface area contributed by atoms with E-state index in [4.69, 9.17) is 4.74 Å². The van der Waals surface area contributed by atoms with Crippen LogP contribution < -0.4 is 15.4 Å². The molecular formula is C22H27F2N3O2. The Labute approximate surface area is 169 Å². The highest BCUT2D eigenvalue weighted by Gasteiger charge is 2.38. The van der Waals surface area contributed by atoms with E-state index in [1.165, 1.54) is 0 Å². The van der Waals surface area contributed by atoms with Gasteiger partial charge in [-0.1, -0.05) is 30.3 Å². The van der Waals surface area contributed by atoms with Crippen molar-refractivity contribution >= 4 is 11.5 Å². The van der Waals surface area contributed by atoms with Crippen LogP contribution in [0.1, 0.15) is 24.8 Å². The molecule has 2 aliphatic rings. The molecule has 4 rings (SSSR count). The zero-order valence-corrected chi connectivity index (χ0v) is 16.4. The zero-order valence-electron chi connectivity index (χ0n) is 16.4. The molecule has 2 fully saturated rings. The highest BCUT2D eigenvalue weighted by atomic mass is 19.3. The summed E-state index contributed by atoms with van der Waals surface area (Å²) in [6, 6.07) is 12.8. The number of aromatic nitrogens is 1. The van der Waals surface area contributed by atoms with Gasteiger partial charge in [0.15, 0.2) is 0 Å². The van der Waals surface area contributed by atoms with E-state index in [0.717, 1.165) is 11.3 Å². The lowest BCUT2D eigenvalue weighted by atomic mass is 9.98. The number of anilines is 2. The van der Waals surface area contributed by atoms with E-state index in [1.807, 2.05) is 41.3 Å². The standard InChI is InChI=1S/C22H27F2N3O2/c23-22(24)7-4-8-27(19(16-22)13-17-5-2-1-3-6-17)20-14-18(15-21(28)25-20)26-9-11-29-12-10-26/h1-3,5-6,14-15,19H,4,7-13,16H2,(H,25,28)/t19-/m1/s1. The van der Waals surface area contributed by atoms with E-state index in [9.17, 15) is 13.6 Å². The minimum atomic E-state index is -2.70. The average Bonchev–Trinajstić information content (AvgIpc) is 2.86. The Morgan fingerprint density at radius 2 is 1.86 bits per heavy atom. The normalized spacial score (nSPS) is 22.3. The van der Waals surface area contributed by atoms with Crippen LogP contribution in [0.4, 0.5) is 20.3 Å². The molecule has 1 N–H and O–H groups in total. The summed E-state index contributed by atoms with van der Waals surface area (Å²) in [6.07, 6.45) is 0.566. The molecule has 0 aliphatic carbocycles. The first kappa shape index (κ1) is 19.9. The van der Waals surface area contributed by atoms with Crippen molar-refractivity contribution in [3.05, 3.63) is 58.4 Å². The Kier molecular flexibility index (Phi) is 5.85. The lowest BCUT2D eigenvalue weighted by Crippen LogP contribution is -2.41. The molecule has 0 saturated carbocycles. The van der Waals surface area contributed by atoms with Gasteiger partial charge in [0.25, 0.3) is 5.56 Å². The van der Waals surface area contributed by atoms with Crippen molar-refractivity contribution in [2.75, 3.05) is 42.6 Å². The number of alkyl halides is 2. The van der Waals surface area contributed by atoms with E-state index in [0.29, 0.717) is 51.5 Å². The van der Waals surface area contributed by atoms with Crippen molar-refractivity contribution < 1.29 is 13.5 Å². The van der Waals surface area contributed by atoms with Crippen LogP contribution in [-0.2, 0) is 11.2 Å². The first-order valence-electron chi connectivity index (χ1n) is 10.3. The fourth-order valence-corrected chi connectivity index (χ4v) is 4.31. The number of hydrogen-bond acceptors (Lipinski definition) is 4. The molecule has 156 valence electrons. The number of H-pyrrole nitrogens is 1. The number of pyridine rings is 1. The minimum absolute atomic E-state index is 0.123. The topological polar surface area (TPSA) is 48.6 Å². The summed E-state index contributed by atoms with van der Waals surface area (Å²) in [5, 5.41) is 0. The van der Waals surface area contributed by atoms with Gasteiger partial charge in [0.1, 0.15) is 5.82 Å². The third-order valence-corrected chi connectivity index (χ3v) is 5.73. The Hall–Kier alpha value is -2.41. The number of hydrogen-bond donors (Lipinski definition) is 1. The van der Waals surface area contributed by atoms with Crippen LogP contribution in [0, 0.1) is 0 Å². The van der Waals surface area contributed by atoms with Crippen molar-refractivity contribution in [3.63, 3.8) is 0 Å². The number of aromatic amines is 1. The van der Waals surface area contributed by atoms with Crippen molar-refractivity contribution in [1.82, 2.24) is 4.98 Å². The highest BCUT2D eigenvalue weighted by molar-refractivity contribution is 5.56. The van der Waals surface area contributed by atoms with E-state index >= 15 is 0 Å². The molecule has 0 spiro atoms. The van der Waals surface area contributed by atoms with Crippen LogP contribution in [-0.4, -0.2) is 49.8 Å². The van der Waals surface area contributed by atoms with Crippen LogP contribution in [0.5, 0.6) is 0 Å². The molecule has 0 amide bonds. The molecule has 0 unspecified atom stereocenters. The Morgan fingerprint density at radius 1 is 1.10 bits per heavy atom. The summed E-state index contributed by atoms with van der Waals surface area (Å²) in [7, 11) is 0. The molecule has 2 aromatic rings. The van der Waals surface area contributed by atoms with Gasteiger partial charge in [-0.15, -0.1) is 0 Å². The Balaban J connectivity index is 1.66.